The predicted octanol–water partition coefficient (Wildman–Crippen LogP) is 3.01. The fourth-order valence-corrected chi connectivity index (χ4v) is 3.80. The van der Waals surface area contributed by atoms with E-state index in [2.05, 4.69) is 10.5 Å². The fraction of sp³-hybridized carbons (Fsp3) is 0.188. The van der Waals surface area contributed by atoms with Crippen LogP contribution in [-0.4, -0.2) is 26.8 Å². The van der Waals surface area contributed by atoms with Crippen LogP contribution in [0.2, 0.25) is 0 Å². The number of thioether (sulfide) groups is 1. The number of hydrogen-bond donors (Lipinski definition) is 2. The van der Waals surface area contributed by atoms with Crippen LogP contribution in [0.15, 0.2) is 47.6 Å². The van der Waals surface area contributed by atoms with Crippen molar-refractivity contribution in [2.24, 2.45) is 5.10 Å². The van der Waals surface area contributed by atoms with Crippen molar-refractivity contribution in [2.45, 2.75) is 18.6 Å². The molecule has 0 spiro atoms. The summed E-state index contributed by atoms with van der Waals surface area (Å²) in [5, 5.41) is 13.9. The Morgan fingerprint density at radius 3 is 2.54 bits per heavy atom. The van der Waals surface area contributed by atoms with Crippen molar-refractivity contribution < 1.29 is 14.7 Å². The van der Waals surface area contributed by atoms with E-state index < -0.39 is 10.7 Å². The van der Waals surface area contributed by atoms with E-state index in [1.165, 1.54) is 28.8 Å². The van der Waals surface area contributed by atoms with Gasteiger partial charge >= 0.3 is 0 Å². The summed E-state index contributed by atoms with van der Waals surface area (Å²) < 4.78 is -0.666. The van der Waals surface area contributed by atoms with Crippen molar-refractivity contribution in [1.82, 2.24) is 5.43 Å². The lowest BCUT2D eigenvalue weighted by Crippen LogP contribution is -2.36. The third-order valence-corrected chi connectivity index (χ3v) is 5.37. The lowest BCUT2D eigenvalue weighted by molar-refractivity contribution is -0.118. The van der Waals surface area contributed by atoms with Crippen molar-refractivity contribution in [3.8, 4) is 5.06 Å². The number of thiophene rings is 1. The van der Waals surface area contributed by atoms with Crippen LogP contribution in [0.25, 0.3) is 0 Å². The molecule has 24 heavy (non-hydrogen) atoms. The molecule has 1 aliphatic heterocycles. The molecule has 2 aromatic rings. The van der Waals surface area contributed by atoms with Gasteiger partial charge in [0.25, 0.3) is 5.91 Å². The number of rotatable bonds is 3. The number of amidine groups is 1. The van der Waals surface area contributed by atoms with Crippen molar-refractivity contribution in [2.75, 3.05) is 4.90 Å². The number of nitrogens with zero attached hydrogens (tertiary/aromatic N) is 2. The van der Waals surface area contributed by atoms with Gasteiger partial charge in [-0.05, 0) is 38.1 Å². The number of aromatic hydroxyl groups is 1. The van der Waals surface area contributed by atoms with E-state index >= 15 is 0 Å². The quantitative estimate of drug-likeness (QED) is 0.824. The van der Waals surface area contributed by atoms with E-state index in [4.69, 9.17) is 0 Å². The van der Waals surface area contributed by atoms with Gasteiger partial charge in [-0.3, -0.25) is 14.5 Å². The Hall–Kier alpha value is -2.32. The predicted molar refractivity (Wildman–Crippen MR) is 96.5 cm³/mol. The molecule has 2 heterocycles. The molecule has 0 saturated carbocycles. The fourth-order valence-electron chi connectivity index (χ4n) is 2.15. The molecule has 1 aromatic carbocycles. The average Bonchev–Trinajstić information content (AvgIpc) is 3.08. The van der Waals surface area contributed by atoms with E-state index in [0.29, 0.717) is 15.7 Å². The second-order valence-corrected chi connectivity index (χ2v) is 8.21. The molecule has 2 amide bonds. The molecule has 1 aliphatic rings. The molecule has 6 nitrogen and oxygen atoms in total. The minimum Gasteiger partial charge on any atom is -0.499 e. The zero-order chi connectivity index (χ0) is 17.3. The van der Waals surface area contributed by atoms with Crippen LogP contribution in [0.1, 0.15) is 23.5 Å². The summed E-state index contributed by atoms with van der Waals surface area (Å²) in [6.45, 7) is 3.63. The summed E-state index contributed by atoms with van der Waals surface area (Å²) >= 11 is 2.25. The molecule has 1 saturated heterocycles. The van der Waals surface area contributed by atoms with E-state index in [9.17, 15) is 14.7 Å². The van der Waals surface area contributed by atoms with E-state index in [0.717, 1.165) is 11.3 Å². The number of hydrazone groups is 1. The van der Waals surface area contributed by atoms with Gasteiger partial charge in [0.05, 0.1) is 15.3 Å². The van der Waals surface area contributed by atoms with E-state index in [1.807, 2.05) is 44.2 Å². The topological polar surface area (TPSA) is 82.0 Å². The lowest BCUT2D eigenvalue weighted by atomic mass is 10.1. The number of amides is 2. The van der Waals surface area contributed by atoms with Crippen LogP contribution in [0.3, 0.4) is 0 Å². The number of carbonyl (C=O) groups excluding carboxylic acids is 2. The molecule has 1 aromatic heterocycles. The minimum absolute atomic E-state index is 0.0604. The largest absolute Gasteiger partial charge is 0.499 e. The Morgan fingerprint density at radius 1 is 1.21 bits per heavy atom. The third kappa shape index (κ3) is 3.15. The molecule has 124 valence electrons. The molecule has 0 aliphatic carbocycles. The van der Waals surface area contributed by atoms with Crippen LogP contribution in [-0.2, 0) is 4.79 Å². The monoisotopic (exact) mass is 361 g/mol. The molecule has 0 unspecified atom stereocenters. The minimum atomic E-state index is -0.666. The van der Waals surface area contributed by atoms with Crippen molar-refractivity contribution in [1.29, 1.82) is 0 Å². The van der Waals surface area contributed by atoms with Crippen molar-refractivity contribution >= 4 is 45.8 Å². The van der Waals surface area contributed by atoms with Gasteiger partial charge in [-0.25, -0.2) is 5.43 Å². The summed E-state index contributed by atoms with van der Waals surface area (Å²) in [5.41, 5.74) is 3.14. The van der Waals surface area contributed by atoms with Gasteiger partial charge in [0, 0.05) is 0 Å². The smallest absolute Gasteiger partial charge is 0.281 e. The zero-order valence-corrected chi connectivity index (χ0v) is 14.6. The molecule has 8 heteroatoms. The lowest BCUT2D eigenvalue weighted by Gasteiger charge is -2.17. The summed E-state index contributed by atoms with van der Waals surface area (Å²) in [5.74, 6) is -0.529. The zero-order valence-electron chi connectivity index (χ0n) is 13.0. The van der Waals surface area contributed by atoms with Gasteiger partial charge in [-0.1, -0.05) is 41.3 Å². The first-order chi connectivity index (χ1) is 11.4. The van der Waals surface area contributed by atoms with Gasteiger partial charge in [0.1, 0.15) is 0 Å². The Bertz CT molecular complexity index is 815. The van der Waals surface area contributed by atoms with Crippen molar-refractivity contribution in [3.63, 3.8) is 0 Å². The van der Waals surface area contributed by atoms with Gasteiger partial charge in [-0.2, -0.15) is 0 Å². The Balaban J connectivity index is 1.87. The molecular weight excluding hydrogens is 346 g/mol. The first kappa shape index (κ1) is 16.5. The second kappa shape index (κ2) is 6.29. The molecule has 0 bridgehead atoms. The number of anilines is 1. The highest BCUT2D eigenvalue weighted by atomic mass is 32.2. The number of nitrogens with one attached hydrogen (secondary N) is 1. The molecule has 0 radical (unpaired) electrons. The van der Waals surface area contributed by atoms with Gasteiger partial charge in [-0.15, -0.1) is 5.10 Å². The van der Waals surface area contributed by atoms with Crippen LogP contribution in [0.5, 0.6) is 5.06 Å². The maximum atomic E-state index is 12.6. The van der Waals surface area contributed by atoms with Gasteiger partial charge in [0.15, 0.2) is 10.2 Å². The second-order valence-electron chi connectivity index (χ2n) is 5.56. The normalized spacial score (nSPS) is 18.2. The highest BCUT2D eigenvalue weighted by Crippen LogP contribution is 2.39. The number of benzene rings is 1. The Morgan fingerprint density at radius 2 is 1.92 bits per heavy atom. The number of carbonyl (C=O) groups is 2. The van der Waals surface area contributed by atoms with Gasteiger partial charge in [0.2, 0.25) is 5.91 Å². The maximum Gasteiger partial charge on any atom is 0.281 e. The highest BCUT2D eigenvalue weighted by molar-refractivity contribution is 8.16. The first-order valence-corrected chi connectivity index (χ1v) is 8.77. The average molecular weight is 361 g/mol. The van der Waals surface area contributed by atoms with Gasteiger partial charge < -0.3 is 5.11 Å². The Labute approximate surface area is 147 Å². The van der Waals surface area contributed by atoms with Crippen molar-refractivity contribution in [3.05, 3.63) is 47.3 Å². The first-order valence-electron chi connectivity index (χ1n) is 7.14. The summed E-state index contributed by atoms with van der Waals surface area (Å²) in [4.78, 5) is 26.5. The van der Waals surface area contributed by atoms with Crippen LogP contribution < -0.4 is 10.3 Å². The summed E-state index contributed by atoms with van der Waals surface area (Å²) in [7, 11) is 0. The summed E-state index contributed by atoms with van der Waals surface area (Å²) in [6.07, 6.45) is 0. The molecule has 3 rings (SSSR count). The maximum absolute atomic E-state index is 12.6. The van der Waals surface area contributed by atoms with Crippen LogP contribution >= 0.6 is 23.1 Å². The molecule has 2 N–H and O–H groups in total. The molecular formula is C16H15N3O3S2. The third-order valence-electron chi connectivity index (χ3n) is 3.34. The number of hydrogen-bond acceptors (Lipinski definition) is 6. The number of para-hydroxylation sites is 1. The SMILES string of the molecule is CC1(C)SC(=NNC(=O)c2ccc(O)s2)N(c2ccccc2)C1=O. The molecule has 0 atom stereocenters. The van der Waals surface area contributed by atoms with Crippen LogP contribution in [0, 0.1) is 0 Å². The molecule has 1 fully saturated rings. The standard InChI is InChI=1S/C16H15N3O3S2/c1-16(2)14(22)19(10-6-4-3-5-7-10)15(24-16)18-17-13(21)11-8-9-12(20)23-11/h3-9,20H,1-2H3,(H,17,21). The highest BCUT2D eigenvalue weighted by Gasteiger charge is 2.45. The van der Waals surface area contributed by atoms with E-state index in [-0.39, 0.29) is 11.0 Å². The van der Waals surface area contributed by atoms with E-state index in [1.54, 1.807) is 0 Å². The summed E-state index contributed by atoms with van der Waals surface area (Å²) in [6, 6.07) is 12.1. The Kier molecular flexibility index (Phi) is 4.33. The van der Waals surface area contributed by atoms with Crippen LogP contribution in [0.4, 0.5) is 5.69 Å².